The third-order valence-electron chi connectivity index (χ3n) is 5.18. The molecule has 2 amide bonds. The molecule has 0 aromatic carbocycles. The van der Waals surface area contributed by atoms with E-state index in [4.69, 9.17) is 4.74 Å². The molecule has 1 heterocycles. The zero-order valence-corrected chi connectivity index (χ0v) is 18.4. The first kappa shape index (κ1) is 24.9. The van der Waals surface area contributed by atoms with E-state index in [0.717, 1.165) is 5.56 Å². The van der Waals surface area contributed by atoms with Gasteiger partial charge in [0.15, 0.2) is 0 Å². The van der Waals surface area contributed by atoms with Crippen LogP contribution in [0.25, 0.3) is 0 Å². The highest BCUT2D eigenvalue weighted by Crippen LogP contribution is 2.41. The largest absolute Gasteiger partial charge is 0.444 e. The molecule has 1 aromatic heterocycles. The van der Waals surface area contributed by atoms with Crippen LogP contribution in [0.3, 0.4) is 0 Å². The number of halogens is 3. The van der Waals surface area contributed by atoms with Crippen molar-refractivity contribution in [1.29, 1.82) is 0 Å². The van der Waals surface area contributed by atoms with Crippen molar-refractivity contribution in [3.63, 3.8) is 0 Å². The molecule has 0 aliphatic heterocycles. The monoisotopic (exact) mass is 443 g/mol. The second kappa shape index (κ2) is 10.8. The highest BCUT2D eigenvalue weighted by atomic mass is 19.4. The number of carbonyl (C=O) groups excluding carboxylic acids is 2. The van der Waals surface area contributed by atoms with Gasteiger partial charge < -0.3 is 15.0 Å². The van der Waals surface area contributed by atoms with E-state index in [9.17, 15) is 22.8 Å². The zero-order valence-electron chi connectivity index (χ0n) is 18.4. The molecule has 1 saturated carbocycles. The smallest absolute Gasteiger partial charge is 0.410 e. The van der Waals surface area contributed by atoms with Crippen LogP contribution in [-0.4, -0.2) is 46.8 Å². The van der Waals surface area contributed by atoms with Crippen LogP contribution in [0, 0.1) is 11.8 Å². The predicted octanol–water partition coefficient (Wildman–Crippen LogP) is 4.69. The zero-order chi connectivity index (χ0) is 23.1. The summed E-state index contributed by atoms with van der Waals surface area (Å²) < 4.78 is 45.2. The van der Waals surface area contributed by atoms with Crippen LogP contribution >= 0.6 is 0 Å². The van der Waals surface area contributed by atoms with Crippen LogP contribution in [-0.2, 0) is 16.1 Å². The third kappa shape index (κ3) is 8.38. The number of hydrogen-bond acceptors (Lipinski definition) is 4. The van der Waals surface area contributed by atoms with E-state index >= 15 is 0 Å². The van der Waals surface area contributed by atoms with Crippen molar-refractivity contribution in [1.82, 2.24) is 15.2 Å². The maximum Gasteiger partial charge on any atom is 0.410 e. The Balaban J connectivity index is 1.90. The van der Waals surface area contributed by atoms with Gasteiger partial charge in [-0.05, 0) is 51.7 Å². The Labute approximate surface area is 181 Å². The minimum Gasteiger partial charge on any atom is -0.444 e. The fourth-order valence-corrected chi connectivity index (χ4v) is 3.72. The number of nitrogens with one attached hydrogen (secondary N) is 1. The van der Waals surface area contributed by atoms with Gasteiger partial charge in [-0.25, -0.2) is 4.79 Å². The Bertz CT molecular complexity index is 720. The van der Waals surface area contributed by atoms with Gasteiger partial charge in [0.1, 0.15) is 5.60 Å². The average molecular weight is 444 g/mol. The van der Waals surface area contributed by atoms with E-state index < -0.39 is 35.6 Å². The van der Waals surface area contributed by atoms with Gasteiger partial charge in [0.05, 0.1) is 12.5 Å². The minimum atomic E-state index is -4.36. The first-order valence-electron chi connectivity index (χ1n) is 10.7. The molecule has 9 heteroatoms. The average Bonchev–Trinajstić information content (AvgIpc) is 2.69. The van der Waals surface area contributed by atoms with E-state index in [0.29, 0.717) is 19.3 Å². The third-order valence-corrected chi connectivity index (χ3v) is 5.18. The van der Waals surface area contributed by atoms with Crippen molar-refractivity contribution in [2.75, 3.05) is 13.1 Å². The SMILES string of the molecule is CC(C)(C)OC(=O)N(CCCNC(=O)C1CCCCC1C(F)(F)F)Cc1cccnc1. The molecule has 1 aliphatic rings. The standard InChI is InChI=1S/C22H32F3N3O3/c1-21(2,3)31-20(30)28(15-16-8-6-11-26-14-16)13-7-12-27-19(29)17-9-4-5-10-18(17)22(23,24)25/h6,8,11,14,17-18H,4-5,7,9-10,12-13,15H2,1-3H3,(H,27,29). The topological polar surface area (TPSA) is 71.5 Å². The molecule has 1 aliphatic carbocycles. The summed E-state index contributed by atoms with van der Waals surface area (Å²) in [5.41, 5.74) is 0.166. The molecule has 2 atom stereocenters. The van der Waals surface area contributed by atoms with Crippen LogP contribution in [0.1, 0.15) is 58.4 Å². The summed E-state index contributed by atoms with van der Waals surface area (Å²) in [6.45, 7) is 6.08. The quantitative estimate of drug-likeness (QED) is 0.621. The van der Waals surface area contributed by atoms with Crippen molar-refractivity contribution >= 4 is 12.0 Å². The van der Waals surface area contributed by atoms with E-state index in [2.05, 4.69) is 10.3 Å². The maximum absolute atomic E-state index is 13.2. The number of aromatic nitrogens is 1. The first-order chi connectivity index (χ1) is 14.5. The van der Waals surface area contributed by atoms with Gasteiger partial charge in [0, 0.05) is 31.4 Å². The Morgan fingerprint density at radius 2 is 1.94 bits per heavy atom. The van der Waals surface area contributed by atoms with Gasteiger partial charge in [-0.3, -0.25) is 9.78 Å². The number of carbonyl (C=O) groups is 2. The van der Waals surface area contributed by atoms with E-state index in [1.165, 1.54) is 4.90 Å². The first-order valence-corrected chi connectivity index (χ1v) is 10.7. The van der Waals surface area contributed by atoms with E-state index in [1.807, 2.05) is 6.07 Å². The lowest BCUT2D eigenvalue weighted by Gasteiger charge is -2.32. The number of amides is 2. The molecular formula is C22H32F3N3O3. The molecule has 0 spiro atoms. The van der Waals surface area contributed by atoms with E-state index in [1.54, 1.807) is 39.2 Å². The molecule has 0 bridgehead atoms. The van der Waals surface area contributed by atoms with Gasteiger partial charge in [0.2, 0.25) is 5.91 Å². The number of rotatable bonds is 7. The van der Waals surface area contributed by atoms with Gasteiger partial charge in [-0.1, -0.05) is 18.9 Å². The summed E-state index contributed by atoms with van der Waals surface area (Å²) in [4.78, 5) is 30.5. The summed E-state index contributed by atoms with van der Waals surface area (Å²) >= 11 is 0. The number of pyridine rings is 1. The molecule has 1 N–H and O–H groups in total. The number of alkyl halides is 3. The molecule has 1 fully saturated rings. The Hall–Kier alpha value is -2.32. The summed E-state index contributed by atoms with van der Waals surface area (Å²) in [7, 11) is 0. The Morgan fingerprint density at radius 1 is 1.23 bits per heavy atom. The number of ether oxygens (including phenoxy) is 1. The van der Waals surface area contributed by atoms with Crippen molar-refractivity contribution in [3.05, 3.63) is 30.1 Å². The van der Waals surface area contributed by atoms with Gasteiger partial charge >= 0.3 is 12.3 Å². The molecule has 6 nitrogen and oxygen atoms in total. The Kier molecular flexibility index (Phi) is 8.70. The second-order valence-electron chi connectivity index (χ2n) is 8.95. The summed E-state index contributed by atoms with van der Waals surface area (Å²) in [5, 5.41) is 2.63. The molecule has 1 aromatic rings. The normalized spacial score (nSPS) is 19.5. The van der Waals surface area contributed by atoms with Crippen LogP contribution < -0.4 is 5.32 Å². The lowest BCUT2D eigenvalue weighted by Crippen LogP contribution is -2.43. The summed E-state index contributed by atoms with van der Waals surface area (Å²) in [6.07, 6.45) is 0.201. The highest BCUT2D eigenvalue weighted by Gasteiger charge is 2.47. The minimum absolute atomic E-state index is 0.000874. The van der Waals surface area contributed by atoms with Crippen LogP contribution in [0.5, 0.6) is 0 Å². The summed E-state index contributed by atoms with van der Waals surface area (Å²) in [5.74, 6) is -3.17. The Morgan fingerprint density at radius 3 is 2.55 bits per heavy atom. The lowest BCUT2D eigenvalue weighted by atomic mass is 9.78. The molecule has 0 saturated heterocycles. The molecule has 0 radical (unpaired) electrons. The predicted molar refractivity (Wildman–Crippen MR) is 110 cm³/mol. The van der Waals surface area contributed by atoms with Crippen LogP contribution in [0.4, 0.5) is 18.0 Å². The van der Waals surface area contributed by atoms with Crippen molar-refractivity contribution in [3.8, 4) is 0 Å². The lowest BCUT2D eigenvalue weighted by molar-refractivity contribution is -0.198. The molecular weight excluding hydrogens is 411 g/mol. The van der Waals surface area contributed by atoms with Crippen molar-refractivity contribution in [2.24, 2.45) is 11.8 Å². The molecule has 2 rings (SSSR count). The fraction of sp³-hybridized carbons (Fsp3) is 0.682. The van der Waals surface area contributed by atoms with E-state index in [-0.39, 0.29) is 32.5 Å². The number of hydrogen-bond donors (Lipinski definition) is 1. The number of nitrogens with zero attached hydrogens (tertiary/aromatic N) is 2. The highest BCUT2D eigenvalue weighted by molar-refractivity contribution is 5.79. The van der Waals surface area contributed by atoms with Crippen LogP contribution in [0.15, 0.2) is 24.5 Å². The van der Waals surface area contributed by atoms with Gasteiger partial charge in [-0.2, -0.15) is 13.2 Å². The summed E-state index contributed by atoms with van der Waals surface area (Å²) in [6, 6.07) is 3.61. The molecule has 2 unspecified atom stereocenters. The molecule has 31 heavy (non-hydrogen) atoms. The van der Waals surface area contributed by atoms with Gasteiger partial charge in [0.25, 0.3) is 0 Å². The second-order valence-corrected chi connectivity index (χ2v) is 8.95. The molecule has 174 valence electrons. The van der Waals surface area contributed by atoms with Gasteiger partial charge in [-0.15, -0.1) is 0 Å². The van der Waals surface area contributed by atoms with Crippen LogP contribution in [0.2, 0.25) is 0 Å². The fourth-order valence-electron chi connectivity index (χ4n) is 3.72. The van der Waals surface area contributed by atoms with Crippen molar-refractivity contribution in [2.45, 2.75) is 71.2 Å². The maximum atomic E-state index is 13.2. The van der Waals surface area contributed by atoms with Crippen molar-refractivity contribution < 1.29 is 27.5 Å².